The van der Waals surface area contributed by atoms with Gasteiger partial charge in [0, 0.05) is 25.2 Å². The standard InChI is InChI=1S/C15H21N3OS/c1-11-3-2-8-18(10-11)15(19)17-9-12-4-6-13(7-5-12)14(16)20/h4-7,11H,2-3,8-10H2,1H3,(H2,16,20)(H,17,19). The van der Waals surface area contributed by atoms with Crippen LogP contribution >= 0.6 is 12.2 Å². The minimum absolute atomic E-state index is 0.0231. The Balaban J connectivity index is 1.85. The fraction of sp³-hybridized carbons (Fsp3) is 0.467. The van der Waals surface area contributed by atoms with Crippen molar-refractivity contribution in [2.75, 3.05) is 13.1 Å². The van der Waals surface area contributed by atoms with Crippen LogP contribution in [0.4, 0.5) is 4.79 Å². The second kappa shape index (κ2) is 6.70. The SMILES string of the molecule is CC1CCCN(C(=O)NCc2ccc(C(N)=S)cc2)C1. The lowest BCUT2D eigenvalue weighted by atomic mass is 10.0. The number of nitrogens with two attached hydrogens (primary N) is 1. The molecule has 1 saturated heterocycles. The van der Waals surface area contributed by atoms with Gasteiger partial charge in [-0.15, -0.1) is 0 Å². The van der Waals surface area contributed by atoms with Crippen LogP contribution in [0, 0.1) is 5.92 Å². The molecule has 2 rings (SSSR count). The third-order valence-electron chi connectivity index (χ3n) is 3.63. The van der Waals surface area contributed by atoms with Crippen molar-refractivity contribution in [1.82, 2.24) is 10.2 Å². The number of amides is 2. The highest BCUT2D eigenvalue weighted by Crippen LogP contribution is 2.15. The van der Waals surface area contributed by atoms with Crippen LogP contribution in [0.15, 0.2) is 24.3 Å². The predicted octanol–water partition coefficient (Wildman–Crippen LogP) is 2.26. The average Bonchev–Trinajstić information content (AvgIpc) is 2.45. The monoisotopic (exact) mass is 291 g/mol. The maximum Gasteiger partial charge on any atom is 0.317 e. The number of thiocarbonyl (C=S) groups is 1. The lowest BCUT2D eigenvalue weighted by Crippen LogP contribution is -2.44. The summed E-state index contributed by atoms with van der Waals surface area (Å²) >= 11 is 4.91. The van der Waals surface area contributed by atoms with Crippen LogP contribution in [0.3, 0.4) is 0 Å². The average molecular weight is 291 g/mol. The van der Waals surface area contributed by atoms with E-state index >= 15 is 0 Å². The lowest BCUT2D eigenvalue weighted by Gasteiger charge is -2.30. The molecule has 1 aliphatic heterocycles. The van der Waals surface area contributed by atoms with Gasteiger partial charge in [-0.25, -0.2) is 4.79 Å². The fourth-order valence-electron chi connectivity index (χ4n) is 2.45. The van der Waals surface area contributed by atoms with Crippen LogP contribution < -0.4 is 11.1 Å². The van der Waals surface area contributed by atoms with Crippen LogP contribution in [0.5, 0.6) is 0 Å². The summed E-state index contributed by atoms with van der Waals surface area (Å²) in [5.41, 5.74) is 7.44. The van der Waals surface area contributed by atoms with Crippen molar-refractivity contribution in [2.45, 2.75) is 26.3 Å². The predicted molar refractivity (Wildman–Crippen MR) is 84.5 cm³/mol. The van der Waals surface area contributed by atoms with E-state index in [1.165, 1.54) is 6.42 Å². The summed E-state index contributed by atoms with van der Waals surface area (Å²) in [4.78, 5) is 14.4. The Morgan fingerprint density at radius 3 is 2.75 bits per heavy atom. The molecule has 5 heteroatoms. The van der Waals surface area contributed by atoms with Crippen LogP contribution in [0.2, 0.25) is 0 Å². The highest BCUT2D eigenvalue weighted by molar-refractivity contribution is 7.80. The van der Waals surface area contributed by atoms with Crippen LogP contribution in [-0.2, 0) is 6.54 Å². The Morgan fingerprint density at radius 1 is 1.45 bits per heavy atom. The zero-order chi connectivity index (χ0) is 14.5. The Kier molecular flexibility index (Phi) is 4.95. The van der Waals surface area contributed by atoms with E-state index in [-0.39, 0.29) is 6.03 Å². The molecular weight excluding hydrogens is 270 g/mol. The molecular formula is C15H21N3OS. The van der Waals surface area contributed by atoms with E-state index in [0.29, 0.717) is 17.5 Å². The summed E-state index contributed by atoms with van der Waals surface area (Å²) in [5, 5.41) is 2.96. The van der Waals surface area contributed by atoms with Crippen molar-refractivity contribution in [3.8, 4) is 0 Å². The Labute approximate surface area is 125 Å². The number of hydrogen-bond donors (Lipinski definition) is 2. The fourth-order valence-corrected chi connectivity index (χ4v) is 2.59. The van der Waals surface area contributed by atoms with Crippen molar-refractivity contribution in [3.63, 3.8) is 0 Å². The molecule has 2 amide bonds. The first-order chi connectivity index (χ1) is 9.56. The van der Waals surface area contributed by atoms with E-state index in [1.807, 2.05) is 29.2 Å². The Hall–Kier alpha value is -1.62. The van der Waals surface area contributed by atoms with Crippen LogP contribution in [-0.4, -0.2) is 29.0 Å². The van der Waals surface area contributed by atoms with E-state index < -0.39 is 0 Å². The molecule has 0 radical (unpaired) electrons. The number of nitrogens with one attached hydrogen (secondary N) is 1. The van der Waals surface area contributed by atoms with E-state index in [9.17, 15) is 4.79 Å². The first-order valence-electron chi connectivity index (χ1n) is 6.98. The third kappa shape index (κ3) is 3.93. The first-order valence-corrected chi connectivity index (χ1v) is 7.38. The van der Waals surface area contributed by atoms with Crippen molar-refractivity contribution < 1.29 is 4.79 Å². The largest absolute Gasteiger partial charge is 0.389 e. The van der Waals surface area contributed by atoms with Crippen molar-refractivity contribution in [3.05, 3.63) is 35.4 Å². The zero-order valence-electron chi connectivity index (χ0n) is 11.8. The topological polar surface area (TPSA) is 58.4 Å². The maximum atomic E-state index is 12.1. The van der Waals surface area contributed by atoms with Crippen molar-refractivity contribution >= 4 is 23.2 Å². The summed E-state index contributed by atoms with van der Waals surface area (Å²) in [6.45, 7) is 4.43. The van der Waals surface area contributed by atoms with Gasteiger partial charge in [0.05, 0.1) is 0 Å². The van der Waals surface area contributed by atoms with E-state index in [1.54, 1.807) is 0 Å². The van der Waals surface area contributed by atoms with Gasteiger partial charge in [-0.2, -0.15) is 0 Å². The number of carbonyl (C=O) groups excluding carboxylic acids is 1. The number of likely N-dealkylation sites (tertiary alicyclic amines) is 1. The summed E-state index contributed by atoms with van der Waals surface area (Å²) in [5.74, 6) is 0.597. The van der Waals surface area contributed by atoms with E-state index in [4.69, 9.17) is 18.0 Å². The highest BCUT2D eigenvalue weighted by Gasteiger charge is 2.20. The second-order valence-electron chi connectivity index (χ2n) is 5.41. The number of urea groups is 1. The van der Waals surface area contributed by atoms with Gasteiger partial charge in [0.25, 0.3) is 0 Å². The summed E-state index contributed by atoms with van der Waals surface area (Å²) < 4.78 is 0. The Morgan fingerprint density at radius 2 is 2.15 bits per heavy atom. The number of piperidine rings is 1. The molecule has 108 valence electrons. The zero-order valence-corrected chi connectivity index (χ0v) is 12.6. The molecule has 1 aromatic carbocycles. The summed E-state index contributed by atoms with van der Waals surface area (Å²) in [6.07, 6.45) is 2.31. The molecule has 1 aliphatic rings. The number of rotatable bonds is 3. The molecule has 1 atom stereocenters. The molecule has 0 spiro atoms. The Bertz CT molecular complexity index is 486. The highest BCUT2D eigenvalue weighted by atomic mass is 32.1. The first kappa shape index (κ1) is 14.8. The van der Waals surface area contributed by atoms with E-state index in [2.05, 4.69) is 12.2 Å². The van der Waals surface area contributed by atoms with Gasteiger partial charge in [-0.05, 0) is 24.3 Å². The number of carbonyl (C=O) groups is 1. The molecule has 0 aromatic heterocycles. The molecule has 0 bridgehead atoms. The van der Waals surface area contributed by atoms with Crippen LogP contribution in [0.1, 0.15) is 30.9 Å². The van der Waals surface area contributed by atoms with Gasteiger partial charge < -0.3 is 16.0 Å². The minimum Gasteiger partial charge on any atom is -0.389 e. The molecule has 0 aliphatic carbocycles. The smallest absolute Gasteiger partial charge is 0.317 e. The lowest BCUT2D eigenvalue weighted by molar-refractivity contribution is 0.169. The molecule has 1 fully saturated rings. The minimum atomic E-state index is 0.0231. The normalized spacial score (nSPS) is 18.6. The number of hydrogen-bond acceptors (Lipinski definition) is 2. The quantitative estimate of drug-likeness (QED) is 0.840. The molecule has 4 nitrogen and oxygen atoms in total. The molecule has 1 unspecified atom stereocenters. The second-order valence-corrected chi connectivity index (χ2v) is 5.85. The molecule has 20 heavy (non-hydrogen) atoms. The molecule has 1 heterocycles. The van der Waals surface area contributed by atoms with Crippen molar-refractivity contribution in [2.24, 2.45) is 11.7 Å². The summed E-state index contributed by atoms with van der Waals surface area (Å²) in [6, 6.07) is 7.66. The van der Waals surface area contributed by atoms with Gasteiger partial charge in [0.15, 0.2) is 0 Å². The van der Waals surface area contributed by atoms with E-state index in [0.717, 1.165) is 30.6 Å². The maximum absolute atomic E-state index is 12.1. The van der Waals surface area contributed by atoms with Crippen LogP contribution in [0.25, 0.3) is 0 Å². The van der Waals surface area contributed by atoms with Gasteiger partial charge in [0.2, 0.25) is 0 Å². The van der Waals surface area contributed by atoms with Crippen molar-refractivity contribution in [1.29, 1.82) is 0 Å². The molecule has 3 N–H and O–H groups in total. The number of benzene rings is 1. The van der Waals surface area contributed by atoms with Gasteiger partial charge in [0.1, 0.15) is 4.99 Å². The molecule has 0 saturated carbocycles. The third-order valence-corrected chi connectivity index (χ3v) is 3.86. The summed E-state index contributed by atoms with van der Waals surface area (Å²) in [7, 11) is 0. The van der Waals surface area contributed by atoms with Gasteiger partial charge >= 0.3 is 6.03 Å². The van der Waals surface area contributed by atoms with Gasteiger partial charge in [-0.3, -0.25) is 0 Å². The number of nitrogens with zero attached hydrogens (tertiary/aromatic N) is 1. The molecule has 1 aromatic rings. The van der Waals surface area contributed by atoms with Gasteiger partial charge in [-0.1, -0.05) is 43.4 Å².